The van der Waals surface area contributed by atoms with Gasteiger partial charge < -0.3 is 16.8 Å². The first kappa shape index (κ1) is 32.4. The third-order valence-electron chi connectivity index (χ3n) is 7.19. The number of amides is 2. The van der Waals surface area contributed by atoms with Crippen LogP contribution in [0, 0.1) is 0 Å². The van der Waals surface area contributed by atoms with Crippen molar-refractivity contribution in [2.45, 2.75) is 54.1 Å². The molecule has 0 aliphatic heterocycles. The molecule has 232 valence electrons. The zero-order valence-electron chi connectivity index (χ0n) is 23.5. The van der Waals surface area contributed by atoms with E-state index in [1.807, 2.05) is 21.4 Å². The van der Waals surface area contributed by atoms with Gasteiger partial charge in [0.15, 0.2) is 5.16 Å². The van der Waals surface area contributed by atoms with Crippen LogP contribution in [0.1, 0.15) is 43.6 Å². The fraction of sp³-hybridized carbons (Fsp3) is 0.310. The first-order valence-corrected chi connectivity index (χ1v) is 17.6. The SMILES string of the molecule is NCCCC[C@H](N)C(=O)NS(=O)(=O)c1ccc(NC(=O)CSc2nnc(Br)n2-c2ccc(C3CC3)c3ccccc23)c(Cl)c1. The molecule has 6 N–H and O–H groups in total. The quantitative estimate of drug-likeness (QED) is 0.113. The Morgan fingerprint density at radius 3 is 2.55 bits per heavy atom. The molecule has 0 saturated heterocycles. The molecule has 1 heterocycles. The summed E-state index contributed by atoms with van der Waals surface area (Å²) in [6.07, 6.45) is 3.97. The average molecular weight is 721 g/mol. The van der Waals surface area contributed by atoms with E-state index in [0.717, 1.165) is 17.1 Å². The van der Waals surface area contributed by atoms with E-state index in [1.165, 1.54) is 47.7 Å². The molecule has 15 heteroatoms. The minimum Gasteiger partial charge on any atom is -0.330 e. The summed E-state index contributed by atoms with van der Waals surface area (Å²) >= 11 is 11.0. The van der Waals surface area contributed by atoms with E-state index in [1.54, 1.807) is 0 Å². The van der Waals surface area contributed by atoms with Gasteiger partial charge in [0.25, 0.3) is 15.9 Å². The minimum absolute atomic E-state index is 0.0148. The number of fused-ring (bicyclic) bond motifs is 1. The highest BCUT2D eigenvalue weighted by Gasteiger charge is 2.27. The van der Waals surface area contributed by atoms with Gasteiger partial charge in [0.2, 0.25) is 10.6 Å². The summed E-state index contributed by atoms with van der Waals surface area (Å²) in [4.78, 5) is 24.9. The van der Waals surface area contributed by atoms with E-state index in [2.05, 4.69) is 55.7 Å². The summed E-state index contributed by atoms with van der Waals surface area (Å²) in [6.45, 7) is 0.457. The predicted molar refractivity (Wildman–Crippen MR) is 176 cm³/mol. The Morgan fingerprint density at radius 2 is 1.84 bits per heavy atom. The normalized spacial score (nSPS) is 14.0. The van der Waals surface area contributed by atoms with Crippen LogP contribution in [-0.4, -0.2) is 53.3 Å². The molecular weight excluding hydrogens is 690 g/mol. The molecule has 5 rings (SSSR count). The van der Waals surface area contributed by atoms with Crippen molar-refractivity contribution >= 4 is 77.6 Å². The van der Waals surface area contributed by atoms with Crippen LogP contribution < -0.4 is 21.5 Å². The molecule has 3 aromatic carbocycles. The van der Waals surface area contributed by atoms with E-state index in [9.17, 15) is 18.0 Å². The molecular formula is C29H31BrClN7O4S2. The highest BCUT2D eigenvalue weighted by molar-refractivity contribution is 9.10. The number of unbranched alkanes of at least 4 members (excludes halogenated alkanes) is 1. The molecule has 1 atom stereocenters. The summed E-state index contributed by atoms with van der Waals surface area (Å²) < 4.78 is 29.8. The van der Waals surface area contributed by atoms with Gasteiger partial charge in [-0.2, -0.15) is 0 Å². The molecule has 44 heavy (non-hydrogen) atoms. The minimum atomic E-state index is -4.23. The number of halogens is 2. The van der Waals surface area contributed by atoms with Gasteiger partial charge in [0.1, 0.15) is 0 Å². The molecule has 1 aromatic heterocycles. The third-order valence-corrected chi connectivity index (χ3v) is 10.3. The zero-order chi connectivity index (χ0) is 31.4. The summed E-state index contributed by atoms with van der Waals surface area (Å²) in [6, 6.07) is 15.2. The Bertz CT molecular complexity index is 1810. The number of rotatable bonds is 13. The Labute approximate surface area is 272 Å². The van der Waals surface area contributed by atoms with Crippen LogP contribution in [0.15, 0.2) is 69.4 Å². The lowest BCUT2D eigenvalue weighted by Crippen LogP contribution is -2.43. The van der Waals surface area contributed by atoms with Gasteiger partial charge >= 0.3 is 0 Å². The summed E-state index contributed by atoms with van der Waals surface area (Å²) in [7, 11) is -4.23. The van der Waals surface area contributed by atoms with Crippen molar-refractivity contribution in [3.8, 4) is 5.69 Å². The number of carbonyl (C=O) groups is 2. The number of benzene rings is 3. The van der Waals surface area contributed by atoms with Crippen molar-refractivity contribution in [1.29, 1.82) is 0 Å². The van der Waals surface area contributed by atoms with Gasteiger partial charge in [-0.3, -0.25) is 14.2 Å². The van der Waals surface area contributed by atoms with Gasteiger partial charge in [-0.25, -0.2) is 13.1 Å². The van der Waals surface area contributed by atoms with Gasteiger partial charge in [0.05, 0.1) is 33.1 Å². The lowest BCUT2D eigenvalue weighted by molar-refractivity contribution is -0.120. The number of nitrogens with two attached hydrogens (primary N) is 2. The van der Waals surface area contributed by atoms with Crippen LogP contribution in [0.4, 0.5) is 5.69 Å². The Hall–Kier alpha value is -3.01. The van der Waals surface area contributed by atoms with E-state index in [-0.39, 0.29) is 27.3 Å². The molecule has 1 saturated carbocycles. The summed E-state index contributed by atoms with van der Waals surface area (Å²) in [5.74, 6) is -0.634. The maximum atomic E-state index is 12.9. The second-order valence-electron chi connectivity index (χ2n) is 10.4. The Morgan fingerprint density at radius 1 is 1.09 bits per heavy atom. The molecule has 11 nitrogen and oxygen atoms in total. The fourth-order valence-corrected chi connectivity index (χ4v) is 7.43. The molecule has 1 fully saturated rings. The maximum absolute atomic E-state index is 12.9. The maximum Gasteiger partial charge on any atom is 0.264 e. The topological polar surface area (TPSA) is 175 Å². The molecule has 1 aliphatic carbocycles. The zero-order valence-corrected chi connectivity index (χ0v) is 27.5. The number of hydrogen-bond acceptors (Lipinski definition) is 9. The number of carbonyl (C=O) groups excluding carboxylic acids is 2. The average Bonchev–Trinajstić information content (AvgIpc) is 3.78. The number of nitrogens with one attached hydrogen (secondary N) is 2. The Kier molecular flexibility index (Phi) is 10.3. The first-order chi connectivity index (χ1) is 21.1. The highest BCUT2D eigenvalue weighted by atomic mass is 79.9. The molecule has 0 radical (unpaired) electrons. The molecule has 0 spiro atoms. The number of aromatic nitrogens is 3. The largest absolute Gasteiger partial charge is 0.330 e. The third kappa shape index (κ3) is 7.44. The lowest BCUT2D eigenvalue weighted by atomic mass is 9.99. The van der Waals surface area contributed by atoms with Gasteiger partial charge in [0, 0.05) is 5.39 Å². The van der Waals surface area contributed by atoms with Crippen molar-refractivity contribution < 1.29 is 18.0 Å². The number of anilines is 1. The molecule has 0 bridgehead atoms. The first-order valence-electron chi connectivity index (χ1n) is 14.0. The van der Waals surface area contributed by atoms with Crippen LogP contribution >= 0.6 is 39.3 Å². The number of hydrogen-bond donors (Lipinski definition) is 4. The van der Waals surface area contributed by atoms with Crippen molar-refractivity contribution in [3.05, 3.63) is 69.9 Å². The van der Waals surface area contributed by atoms with Gasteiger partial charge in [-0.05, 0) is 89.3 Å². The van der Waals surface area contributed by atoms with E-state index >= 15 is 0 Å². The Balaban J connectivity index is 1.25. The van der Waals surface area contributed by atoms with Gasteiger partial charge in [-0.1, -0.05) is 60.1 Å². The van der Waals surface area contributed by atoms with Crippen LogP contribution in [0.2, 0.25) is 5.02 Å². The molecule has 1 aliphatic rings. The second kappa shape index (κ2) is 14.0. The smallest absolute Gasteiger partial charge is 0.264 e. The second-order valence-corrected chi connectivity index (χ2v) is 14.2. The number of sulfonamides is 1. The van der Waals surface area contributed by atoms with Crippen molar-refractivity contribution in [3.63, 3.8) is 0 Å². The monoisotopic (exact) mass is 719 g/mol. The van der Waals surface area contributed by atoms with Crippen LogP contribution in [0.3, 0.4) is 0 Å². The van der Waals surface area contributed by atoms with Crippen LogP contribution in [-0.2, 0) is 19.6 Å². The molecule has 4 aromatic rings. The number of thioether (sulfide) groups is 1. The molecule has 0 unspecified atom stereocenters. The summed E-state index contributed by atoms with van der Waals surface area (Å²) in [5.41, 5.74) is 13.7. The van der Waals surface area contributed by atoms with Crippen molar-refractivity contribution in [2.24, 2.45) is 11.5 Å². The van der Waals surface area contributed by atoms with Crippen molar-refractivity contribution in [1.82, 2.24) is 19.5 Å². The van der Waals surface area contributed by atoms with E-state index in [0.29, 0.717) is 41.6 Å². The van der Waals surface area contributed by atoms with E-state index < -0.39 is 22.0 Å². The summed E-state index contributed by atoms with van der Waals surface area (Å²) in [5, 5.41) is 13.9. The lowest BCUT2D eigenvalue weighted by Gasteiger charge is -2.14. The van der Waals surface area contributed by atoms with Gasteiger partial charge in [-0.15, -0.1) is 10.2 Å². The van der Waals surface area contributed by atoms with Crippen molar-refractivity contribution in [2.75, 3.05) is 17.6 Å². The standard InChI is InChI=1S/C29H31BrClN7O4S2/c30-28-35-36-29(38(28)25-13-11-19(17-8-9-17)20-5-1-2-6-21(20)25)43-16-26(39)34-24-12-10-18(15-22(24)31)44(41,42)37-27(40)23(33)7-3-4-14-32/h1-2,5-6,10-13,15,17,23H,3-4,7-9,14,16,32-33H2,(H,34,39)(H,37,40)/t23-/m0/s1. The predicted octanol–water partition coefficient (Wildman–Crippen LogP) is 4.71. The van der Waals surface area contributed by atoms with Crippen LogP contribution in [0.25, 0.3) is 16.5 Å². The molecule has 2 amide bonds. The van der Waals surface area contributed by atoms with Crippen LogP contribution in [0.5, 0.6) is 0 Å². The number of nitrogens with zero attached hydrogens (tertiary/aromatic N) is 3. The highest BCUT2D eigenvalue weighted by Crippen LogP contribution is 2.44. The fourth-order valence-electron chi connectivity index (χ4n) is 4.79. The van der Waals surface area contributed by atoms with E-state index in [4.69, 9.17) is 23.1 Å².